The van der Waals surface area contributed by atoms with Crippen LogP contribution in [0.25, 0.3) is 44.7 Å². The number of pyridine rings is 1. The lowest BCUT2D eigenvalue weighted by molar-refractivity contribution is -0.135. The fraction of sp³-hybridized carbons (Fsp3) is 0.405. The molecule has 3 aromatic heterocycles. The zero-order valence-electron chi connectivity index (χ0n) is 33.0. The van der Waals surface area contributed by atoms with E-state index in [1.54, 1.807) is 29.1 Å². The van der Waals surface area contributed by atoms with E-state index in [4.69, 9.17) is 9.72 Å². The number of H-pyrrole nitrogens is 2. The van der Waals surface area contributed by atoms with Crippen molar-refractivity contribution < 1.29 is 23.9 Å². The van der Waals surface area contributed by atoms with E-state index in [1.807, 2.05) is 63.2 Å². The molecule has 0 unspecified atom stereocenters. The van der Waals surface area contributed by atoms with Crippen LogP contribution in [0.5, 0.6) is 0 Å². The first-order chi connectivity index (χ1) is 27.5. The molecule has 2 aliphatic rings. The summed E-state index contributed by atoms with van der Waals surface area (Å²) in [7, 11) is 1.29. The molecule has 2 fully saturated rings. The molecule has 298 valence electrons. The smallest absolute Gasteiger partial charge is 0.407 e. The Morgan fingerprint density at radius 3 is 2.00 bits per heavy atom. The Bertz CT molecular complexity index is 2250. The Morgan fingerprint density at radius 2 is 1.39 bits per heavy atom. The third-order valence-corrected chi connectivity index (χ3v) is 10.8. The van der Waals surface area contributed by atoms with Gasteiger partial charge >= 0.3 is 12.1 Å². The molecule has 0 spiro atoms. The van der Waals surface area contributed by atoms with E-state index in [9.17, 15) is 19.2 Å². The third-order valence-electron chi connectivity index (χ3n) is 10.8. The summed E-state index contributed by atoms with van der Waals surface area (Å²) in [5, 5.41) is 9.07. The van der Waals surface area contributed by atoms with Gasteiger partial charge in [-0.1, -0.05) is 50.2 Å². The maximum Gasteiger partial charge on any atom is 0.407 e. The van der Waals surface area contributed by atoms with Gasteiger partial charge < -0.3 is 40.5 Å². The average molecular weight is 775 g/mol. The molecule has 15 heteroatoms. The van der Waals surface area contributed by atoms with E-state index in [1.165, 1.54) is 7.11 Å². The van der Waals surface area contributed by atoms with Crippen molar-refractivity contribution in [1.29, 1.82) is 0 Å². The Balaban J connectivity index is 1.01. The first kappa shape index (κ1) is 39.0. The van der Waals surface area contributed by atoms with Crippen LogP contribution in [0.15, 0.2) is 67.0 Å². The van der Waals surface area contributed by atoms with Crippen LogP contribution in [0.4, 0.5) is 9.59 Å². The lowest BCUT2D eigenvalue weighted by atomic mass is 10.0. The number of benzene rings is 2. The number of amides is 5. The molecule has 2 aromatic carbocycles. The van der Waals surface area contributed by atoms with Gasteiger partial charge in [0.25, 0.3) is 0 Å². The highest BCUT2D eigenvalue weighted by Crippen LogP contribution is 2.35. The lowest BCUT2D eigenvalue weighted by Gasteiger charge is -2.30. The predicted octanol–water partition coefficient (Wildman–Crippen LogP) is 6.10. The molecule has 5 aromatic rings. The number of urea groups is 1. The molecular weight excluding hydrogens is 725 g/mol. The fourth-order valence-electron chi connectivity index (χ4n) is 7.81. The summed E-state index contributed by atoms with van der Waals surface area (Å²) in [5.74, 6) is 1.06. The predicted molar refractivity (Wildman–Crippen MR) is 216 cm³/mol. The highest BCUT2D eigenvalue weighted by Gasteiger charge is 2.38. The number of hydrogen-bond acceptors (Lipinski definition) is 8. The molecule has 0 aliphatic carbocycles. The van der Waals surface area contributed by atoms with Gasteiger partial charge in [-0.25, -0.2) is 24.5 Å². The van der Waals surface area contributed by atoms with Crippen molar-refractivity contribution in [2.75, 3.05) is 26.7 Å². The van der Waals surface area contributed by atoms with E-state index >= 15 is 0 Å². The molecule has 0 bridgehead atoms. The van der Waals surface area contributed by atoms with Crippen LogP contribution < -0.4 is 16.0 Å². The number of methoxy groups -OCH3 is 1. The van der Waals surface area contributed by atoms with Crippen molar-refractivity contribution in [2.24, 2.45) is 5.92 Å². The standard InChI is InChI=1S/C42H50N10O5/c1-6-43-41(55)46-25(4)39(53)51-19-7-9-34(51)37-44-22-32(48-37)27-13-11-26(12-14-27)30-17-15-28-21-29(16-18-31(28)47-30)33-23-45-38(49-33)35-10-8-20-52(35)40(54)36(24(2)3)50-42(56)57-5/h11-18,21-25,34-36H,6-10,19-20H2,1-5H3,(H,44,48)(H,45,49)(H,50,56)(H2,43,46,55)/t25-,34+,35+,36+/m1/s1. The number of rotatable bonds is 11. The van der Waals surface area contributed by atoms with Crippen LogP contribution in [-0.4, -0.2) is 97.5 Å². The number of alkyl carbamates (subject to hydrolysis) is 1. The Morgan fingerprint density at radius 1 is 0.789 bits per heavy atom. The summed E-state index contributed by atoms with van der Waals surface area (Å²) < 4.78 is 4.76. The van der Waals surface area contributed by atoms with Crippen LogP contribution in [0.3, 0.4) is 0 Å². The van der Waals surface area contributed by atoms with Gasteiger partial charge in [-0.15, -0.1) is 0 Å². The summed E-state index contributed by atoms with van der Waals surface area (Å²) in [4.78, 5) is 75.6. The number of ether oxygens (including phenoxy) is 1. The van der Waals surface area contributed by atoms with E-state index < -0.39 is 18.2 Å². The molecule has 7 rings (SSSR count). The molecule has 5 amide bonds. The fourth-order valence-corrected chi connectivity index (χ4v) is 7.81. The SMILES string of the molecule is CCNC(=O)N[C@H](C)C(=O)N1CCC[C@H]1c1ncc(-c2ccc(-c3ccc4cc(-c5cnc([C@@H]6CCCN6C(=O)[C@@H](NC(=O)OC)C(C)C)[nH]5)ccc4n3)cc2)[nH]1. The van der Waals surface area contributed by atoms with Gasteiger partial charge in [0.2, 0.25) is 11.8 Å². The highest BCUT2D eigenvalue weighted by molar-refractivity contribution is 5.88. The first-order valence-electron chi connectivity index (χ1n) is 19.7. The second kappa shape index (κ2) is 16.9. The quantitative estimate of drug-likeness (QED) is 0.106. The molecular formula is C42H50N10O5. The number of hydrogen-bond donors (Lipinski definition) is 5. The minimum Gasteiger partial charge on any atom is -0.453 e. The number of aromatic nitrogens is 5. The van der Waals surface area contributed by atoms with Gasteiger partial charge in [-0.05, 0) is 69.2 Å². The molecule has 57 heavy (non-hydrogen) atoms. The highest BCUT2D eigenvalue weighted by atomic mass is 16.5. The molecule has 2 saturated heterocycles. The number of fused-ring (bicyclic) bond motifs is 1. The van der Waals surface area contributed by atoms with Crippen LogP contribution in [-0.2, 0) is 14.3 Å². The maximum absolute atomic E-state index is 13.6. The molecule has 5 N–H and O–H groups in total. The Hall–Kier alpha value is -6.25. The van der Waals surface area contributed by atoms with Crippen molar-refractivity contribution in [3.05, 3.63) is 78.6 Å². The molecule has 5 heterocycles. The van der Waals surface area contributed by atoms with E-state index in [0.29, 0.717) is 25.5 Å². The summed E-state index contributed by atoms with van der Waals surface area (Å²) in [6, 6.07) is 16.2. The van der Waals surface area contributed by atoms with Crippen LogP contribution in [0.1, 0.15) is 77.1 Å². The maximum atomic E-state index is 13.6. The summed E-state index contributed by atoms with van der Waals surface area (Å²) in [6.45, 7) is 9.02. The van der Waals surface area contributed by atoms with E-state index in [0.717, 1.165) is 76.2 Å². The topological polar surface area (TPSA) is 190 Å². The van der Waals surface area contributed by atoms with Gasteiger partial charge in [0.05, 0.1) is 54.2 Å². The molecule has 2 aliphatic heterocycles. The number of likely N-dealkylation sites (tertiary alicyclic amines) is 2. The molecule has 15 nitrogen and oxygen atoms in total. The molecule has 0 radical (unpaired) electrons. The number of nitrogens with zero attached hydrogens (tertiary/aromatic N) is 5. The number of imidazole rings is 2. The van der Waals surface area contributed by atoms with Gasteiger partial charge in [0.1, 0.15) is 23.7 Å². The Kier molecular flexibility index (Phi) is 11.5. The number of nitrogens with one attached hydrogen (secondary N) is 5. The van der Waals surface area contributed by atoms with Crippen molar-refractivity contribution in [1.82, 2.24) is 50.7 Å². The number of carbonyl (C=O) groups excluding carboxylic acids is 4. The van der Waals surface area contributed by atoms with Crippen molar-refractivity contribution in [3.63, 3.8) is 0 Å². The van der Waals surface area contributed by atoms with E-state index in [-0.39, 0.29) is 35.8 Å². The second-order valence-electron chi connectivity index (χ2n) is 15.0. The second-order valence-corrected chi connectivity index (χ2v) is 15.0. The summed E-state index contributed by atoms with van der Waals surface area (Å²) in [5.41, 5.74) is 6.29. The lowest BCUT2D eigenvalue weighted by Crippen LogP contribution is -2.51. The first-order valence-corrected chi connectivity index (χ1v) is 19.7. The van der Waals surface area contributed by atoms with Gasteiger partial charge in [-0.3, -0.25) is 9.59 Å². The largest absolute Gasteiger partial charge is 0.453 e. The average Bonchev–Trinajstić information content (AvgIpc) is 4.06. The normalized spacial score (nSPS) is 17.8. The monoisotopic (exact) mass is 774 g/mol. The summed E-state index contributed by atoms with van der Waals surface area (Å²) in [6.07, 6.45) is 6.25. The minimum atomic E-state index is -0.693. The zero-order valence-corrected chi connectivity index (χ0v) is 33.0. The van der Waals surface area contributed by atoms with Gasteiger partial charge in [0, 0.05) is 36.1 Å². The van der Waals surface area contributed by atoms with Gasteiger partial charge in [0.15, 0.2) is 0 Å². The van der Waals surface area contributed by atoms with Crippen LogP contribution in [0, 0.1) is 5.92 Å². The number of aromatic amines is 2. The minimum absolute atomic E-state index is 0.109. The van der Waals surface area contributed by atoms with Crippen LogP contribution >= 0.6 is 0 Å². The Labute approximate surface area is 331 Å². The van der Waals surface area contributed by atoms with Gasteiger partial charge in [-0.2, -0.15) is 0 Å². The number of carbonyl (C=O) groups is 4. The van der Waals surface area contributed by atoms with Crippen LogP contribution in [0.2, 0.25) is 0 Å². The molecule has 4 atom stereocenters. The van der Waals surface area contributed by atoms with Crippen molar-refractivity contribution in [2.45, 2.75) is 77.5 Å². The summed E-state index contributed by atoms with van der Waals surface area (Å²) >= 11 is 0. The van der Waals surface area contributed by atoms with Crippen molar-refractivity contribution >= 4 is 34.8 Å². The zero-order chi connectivity index (χ0) is 40.2. The molecule has 0 saturated carbocycles. The van der Waals surface area contributed by atoms with Crippen molar-refractivity contribution in [3.8, 4) is 33.8 Å². The third kappa shape index (κ3) is 8.32. The van der Waals surface area contributed by atoms with E-state index in [2.05, 4.69) is 48.0 Å².